The van der Waals surface area contributed by atoms with Crippen LogP contribution in [0.2, 0.25) is 0 Å². The number of carbonyl (C=O) groups excluding carboxylic acids is 2. The molecule has 20 heavy (non-hydrogen) atoms. The second-order valence-corrected chi connectivity index (χ2v) is 4.40. The maximum absolute atomic E-state index is 11.0. The maximum Gasteiger partial charge on any atom is 0.308 e. The van der Waals surface area contributed by atoms with Crippen LogP contribution in [0.1, 0.15) is 24.8 Å². The van der Waals surface area contributed by atoms with Gasteiger partial charge in [0.1, 0.15) is 5.38 Å². The molecular weight excluding hydrogens is 290 g/mol. The van der Waals surface area contributed by atoms with Crippen LogP contribution in [0.15, 0.2) is 18.2 Å². The van der Waals surface area contributed by atoms with Crippen LogP contribution in [0.5, 0.6) is 11.5 Å². The van der Waals surface area contributed by atoms with Gasteiger partial charge < -0.3 is 9.47 Å². The molecule has 0 saturated heterocycles. The van der Waals surface area contributed by atoms with Crippen molar-refractivity contribution in [1.29, 1.82) is 0 Å². The summed E-state index contributed by atoms with van der Waals surface area (Å²) in [5.74, 6) is -1.17. The van der Waals surface area contributed by atoms with E-state index in [1.807, 2.05) is 0 Å². The molecule has 1 aromatic carbocycles. The van der Waals surface area contributed by atoms with Crippen molar-refractivity contribution in [3.63, 3.8) is 0 Å². The van der Waals surface area contributed by atoms with Gasteiger partial charge in [0.05, 0.1) is 0 Å². The van der Waals surface area contributed by atoms with Crippen LogP contribution in [0, 0.1) is 10.1 Å². The highest BCUT2D eigenvalue weighted by Crippen LogP contribution is 2.33. The van der Waals surface area contributed by atoms with Crippen molar-refractivity contribution in [2.45, 2.75) is 19.2 Å². The lowest BCUT2D eigenvalue weighted by atomic mass is 10.1. The predicted octanol–water partition coefficient (Wildman–Crippen LogP) is 2.09. The summed E-state index contributed by atoms with van der Waals surface area (Å²) in [7, 11) is 0. The number of carbonyl (C=O) groups is 2. The largest absolute Gasteiger partial charge is 0.423 e. The van der Waals surface area contributed by atoms with E-state index in [4.69, 9.17) is 21.1 Å². The lowest BCUT2D eigenvalue weighted by Gasteiger charge is -2.11. The topological polar surface area (TPSA) is 95.7 Å². The zero-order valence-electron chi connectivity index (χ0n) is 10.8. The van der Waals surface area contributed by atoms with Crippen molar-refractivity contribution in [3.8, 4) is 11.5 Å². The van der Waals surface area contributed by atoms with E-state index in [1.54, 1.807) is 0 Å². The minimum Gasteiger partial charge on any atom is -0.423 e. The molecule has 108 valence electrons. The van der Waals surface area contributed by atoms with Crippen LogP contribution in [0.25, 0.3) is 0 Å². The molecule has 1 atom stereocenters. The molecule has 0 radical (unpaired) electrons. The highest BCUT2D eigenvalue weighted by molar-refractivity contribution is 6.20. The Morgan fingerprint density at radius 2 is 1.80 bits per heavy atom. The Labute approximate surface area is 119 Å². The van der Waals surface area contributed by atoms with Gasteiger partial charge in [-0.05, 0) is 17.7 Å². The van der Waals surface area contributed by atoms with Crippen LogP contribution in [-0.2, 0) is 9.59 Å². The monoisotopic (exact) mass is 301 g/mol. The van der Waals surface area contributed by atoms with Crippen molar-refractivity contribution < 1.29 is 24.0 Å². The normalized spacial score (nSPS) is 11.6. The fraction of sp³-hybridized carbons (Fsp3) is 0.333. The molecule has 1 rings (SSSR count). The molecule has 0 saturated carbocycles. The van der Waals surface area contributed by atoms with E-state index in [0.29, 0.717) is 5.56 Å². The lowest BCUT2D eigenvalue weighted by Crippen LogP contribution is -2.10. The van der Waals surface area contributed by atoms with Crippen LogP contribution < -0.4 is 9.47 Å². The molecular formula is C12H12ClNO6. The van der Waals surface area contributed by atoms with Gasteiger partial charge in [-0.25, -0.2) is 0 Å². The molecule has 1 unspecified atom stereocenters. The Morgan fingerprint density at radius 1 is 1.25 bits per heavy atom. The van der Waals surface area contributed by atoms with E-state index in [0.717, 1.165) is 0 Å². The van der Waals surface area contributed by atoms with Crippen molar-refractivity contribution in [2.75, 3.05) is 6.54 Å². The first-order valence-electron chi connectivity index (χ1n) is 5.56. The molecule has 0 aliphatic rings. The third-order valence-electron chi connectivity index (χ3n) is 2.15. The first-order valence-corrected chi connectivity index (χ1v) is 6.00. The molecule has 0 heterocycles. The highest BCUT2D eigenvalue weighted by atomic mass is 35.5. The summed E-state index contributed by atoms with van der Waals surface area (Å²) >= 11 is 5.88. The summed E-state index contributed by atoms with van der Waals surface area (Å²) in [5, 5.41) is 9.54. The minimum absolute atomic E-state index is 0.0146. The number of rotatable bonds is 5. The predicted molar refractivity (Wildman–Crippen MR) is 69.5 cm³/mol. The Morgan fingerprint density at radius 3 is 2.30 bits per heavy atom. The van der Waals surface area contributed by atoms with E-state index < -0.39 is 28.8 Å². The Hall–Kier alpha value is -2.15. The number of alkyl halides is 1. The van der Waals surface area contributed by atoms with Gasteiger partial charge in [0.2, 0.25) is 6.54 Å². The average Bonchev–Trinajstić information content (AvgIpc) is 2.29. The highest BCUT2D eigenvalue weighted by Gasteiger charge is 2.18. The van der Waals surface area contributed by atoms with E-state index in [2.05, 4.69) is 0 Å². The second-order valence-electron chi connectivity index (χ2n) is 3.88. The summed E-state index contributed by atoms with van der Waals surface area (Å²) in [5.41, 5.74) is 0.385. The number of hydrogen-bond donors (Lipinski definition) is 0. The first-order chi connectivity index (χ1) is 9.29. The van der Waals surface area contributed by atoms with Crippen LogP contribution >= 0.6 is 11.6 Å². The van der Waals surface area contributed by atoms with E-state index in [-0.39, 0.29) is 11.5 Å². The van der Waals surface area contributed by atoms with E-state index in [9.17, 15) is 19.7 Å². The molecule has 0 amide bonds. The maximum atomic E-state index is 11.0. The number of nitro groups is 1. The van der Waals surface area contributed by atoms with E-state index in [1.165, 1.54) is 32.0 Å². The zero-order chi connectivity index (χ0) is 15.3. The average molecular weight is 302 g/mol. The van der Waals surface area contributed by atoms with Gasteiger partial charge >= 0.3 is 11.9 Å². The number of esters is 2. The van der Waals surface area contributed by atoms with Gasteiger partial charge in [-0.15, -0.1) is 11.6 Å². The Balaban J connectivity index is 3.09. The molecule has 0 aliphatic heterocycles. The fourth-order valence-electron chi connectivity index (χ4n) is 1.43. The fourth-order valence-corrected chi connectivity index (χ4v) is 1.68. The van der Waals surface area contributed by atoms with Gasteiger partial charge in [0.15, 0.2) is 11.5 Å². The number of nitrogens with zero attached hydrogens (tertiary/aromatic N) is 1. The summed E-state index contributed by atoms with van der Waals surface area (Å²) in [4.78, 5) is 31.8. The van der Waals surface area contributed by atoms with Crippen LogP contribution in [0.4, 0.5) is 0 Å². The third kappa shape index (κ3) is 4.85. The van der Waals surface area contributed by atoms with E-state index >= 15 is 0 Å². The zero-order valence-corrected chi connectivity index (χ0v) is 11.5. The summed E-state index contributed by atoms with van der Waals surface area (Å²) in [6, 6.07) is 4.16. The summed E-state index contributed by atoms with van der Waals surface area (Å²) in [6.07, 6.45) is 0. The van der Waals surface area contributed by atoms with Crippen molar-refractivity contribution in [3.05, 3.63) is 33.9 Å². The molecule has 0 aliphatic carbocycles. The minimum atomic E-state index is -0.884. The molecule has 1 aromatic rings. The molecule has 0 N–H and O–H groups in total. The second kappa shape index (κ2) is 6.85. The van der Waals surface area contributed by atoms with Gasteiger partial charge in [0.25, 0.3) is 0 Å². The Bertz CT molecular complexity index is 545. The van der Waals surface area contributed by atoms with Gasteiger partial charge in [-0.3, -0.25) is 19.7 Å². The van der Waals surface area contributed by atoms with Gasteiger partial charge in [0, 0.05) is 18.8 Å². The quantitative estimate of drug-likeness (QED) is 0.272. The first kappa shape index (κ1) is 15.9. The van der Waals surface area contributed by atoms with Crippen molar-refractivity contribution in [1.82, 2.24) is 0 Å². The van der Waals surface area contributed by atoms with Gasteiger partial charge in [-0.2, -0.15) is 0 Å². The standard InChI is InChI=1S/C12H12ClNO6/c1-7(15)19-11-4-3-9(10(13)6-14(17)18)5-12(11)20-8(2)16/h3-5,10H,6H2,1-2H3. The third-order valence-corrected chi connectivity index (χ3v) is 2.54. The molecule has 0 spiro atoms. The summed E-state index contributed by atoms with van der Waals surface area (Å²) in [6.45, 7) is 1.90. The molecule has 8 heteroatoms. The Kier molecular flexibility index (Phi) is 5.45. The molecule has 0 aromatic heterocycles. The smallest absolute Gasteiger partial charge is 0.308 e. The SMILES string of the molecule is CC(=O)Oc1ccc(C(Cl)C[N+](=O)[O-])cc1OC(C)=O. The molecule has 0 fully saturated rings. The number of ether oxygens (including phenoxy) is 2. The number of benzene rings is 1. The van der Waals surface area contributed by atoms with Crippen molar-refractivity contribution >= 4 is 23.5 Å². The van der Waals surface area contributed by atoms with Crippen molar-refractivity contribution in [2.24, 2.45) is 0 Å². The number of hydrogen-bond acceptors (Lipinski definition) is 6. The van der Waals surface area contributed by atoms with Crippen LogP contribution in [-0.4, -0.2) is 23.4 Å². The molecule has 0 bridgehead atoms. The summed E-state index contributed by atoms with van der Waals surface area (Å²) < 4.78 is 9.77. The number of halogens is 1. The van der Waals surface area contributed by atoms with Crippen LogP contribution in [0.3, 0.4) is 0 Å². The molecule has 7 nitrogen and oxygen atoms in total. The van der Waals surface area contributed by atoms with Gasteiger partial charge in [-0.1, -0.05) is 6.07 Å². The lowest BCUT2D eigenvalue weighted by molar-refractivity contribution is -0.480.